The first kappa shape index (κ1) is 13.7. The van der Waals surface area contributed by atoms with Gasteiger partial charge in [0, 0.05) is 0 Å². The second-order valence-electron chi connectivity index (χ2n) is 3.87. The molecule has 88 valence electrons. The second-order valence-corrected chi connectivity index (χ2v) is 3.87. The van der Waals surface area contributed by atoms with Crippen LogP contribution >= 0.6 is 0 Å². The molecule has 0 radical (unpaired) electrons. The van der Waals surface area contributed by atoms with E-state index >= 15 is 0 Å². The van der Waals surface area contributed by atoms with Crippen LogP contribution < -0.4 is 5.32 Å². The molecule has 0 rings (SSSR count). The van der Waals surface area contributed by atoms with E-state index in [0.29, 0.717) is 0 Å². The Kier molecular flexibility index (Phi) is 5.04. The van der Waals surface area contributed by atoms with Crippen molar-refractivity contribution in [2.45, 2.75) is 32.5 Å². The highest BCUT2D eigenvalue weighted by atomic mass is 19.1. The Morgan fingerprint density at radius 1 is 1.40 bits per heavy atom. The molecule has 1 atom stereocenters. The normalized spacial score (nSPS) is 12.9. The number of carbonyl (C=O) groups is 2. The molecule has 0 unspecified atom stereocenters. The lowest BCUT2D eigenvalue weighted by Crippen LogP contribution is -2.38. The van der Waals surface area contributed by atoms with E-state index in [9.17, 15) is 14.0 Å². The number of rotatable bonds is 3. The van der Waals surface area contributed by atoms with Gasteiger partial charge in [-0.25, -0.2) is 14.0 Å². The number of nitrogens with one attached hydrogen (secondary N) is 1. The summed E-state index contributed by atoms with van der Waals surface area (Å²) < 4.78 is 21.8. The van der Waals surface area contributed by atoms with Crippen LogP contribution in [-0.2, 0) is 14.3 Å². The molecule has 0 spiro atoms. The number of ether oxygens (including phenoxy) is 2. The average molecular weight is 221 g/mol. The first-order valence-corrected chi connectivity index (χ1v) is 4.45. The zero-order valence-corrected chi connectivity index (χ0v) is 9.30. The van der Waals surface area contributed by atoms with Gasteiger partial charge >= 0.3 is 12.1 Å². The van der Waals surface area contributed by atoms with E-state index in [1.54, 1.807) is 20.8 Å². The molecule has 0 aliphatic rings. The molecule has 1 amide bonds. The van der Waals surface area contributed by atoms with Gasteiger partial charge in [-0.05, 0) is 20.8 Å². The fraction of sp³-hybridized carbons (Fsp3) is 0.778. The molecule has 0 saturated heterocycles. The first-order chi connectivity index (χ1) is 6.76. The van der Waals surface area contributed by atoms with Gasteiger partial charge in [-0.15, -0.1) is 0 Å². The smallest absolute Gasteiger partial charge is 0.407 e. The maximum Gasteiger partial charge on any atom is 0.407 e. The van der Waals surface area contributed by atoms with Crippen molar-refractivity contribution in [2.75, 3.05) is 13.7 Å². The molecule has 0 aromatic carbocycles. The third kappa shape index (κ3) is 6.70. The number of alkyl halides is 1. The van der Waals surface area contributed by atoms with E-state index in [2.05, 4.69) is 10.1 Å². The van der Waals surface area contributed by atoms with Crippen LogP contribution in [0.3, 0.4) is 0 Å². The van der Waals surface area contributed by atoms with E-state index in [1.165, 1.54) is 0 Å². The molecule has 0 aromatic heterocycles. The zero-order valence-electron chi connectivity index (χ0n) is 9.30. The average Bonchev–Trinajstić information content (AvgIpc) is 2.10. The molecule has 0 aliphatic carbocycles. The molecule has 0 saturated carbocycles. The highest BCUT2D eigenvalue weighted by Crippen LogP contribution is 2.06. The molecule has 0 aliphatic heterocycles. The van der Waals surface area contributed by atoms with Crippen molar-refractivity contribution in [1.82, 2.24) is 5.32 Å². The van der Waals surface area contributed by atoms with Crippen LogP contribution in [0, 0.1) is 0 Å². The SMILES string of the molecule is COC(=O)[C@@H](F)CNC(=O)OC(C)(C)C. The van der Waals surface area contributed by atoms with Crippen LogP contribution in [0.2, 0.25) is 0 Å². The van der Waals surface area contributed by atoms with Gasteiger partial charge in [-0.2, -0.15) is 0 Å². The summed E-state index contributed by atoms with van der Waals surface area (Å²) in [6, 6.07) is 0. The Balaban J connectivity index is 3.86. The highest BCUT2D eigenvalue weighted by molar-refractivity contribution is 5.76. The minimum absolute atomic E-state index is 0.457. The van der Waals surface area contributed by atoms with Crippen LogP contribution in [-0.4, -0.2) is 37.5 Å². The Labute approximate surface area is 87.9 Å². The largest absolute Gasteiger partial charge is 0.467 e. The molecular formula is C9H16FNO4. The summed E-state index contributed by atoms with van der Waals surface area (Å²) in [6.07, 6.45) is -2.64. The minimum Gasteiger partial charge on any atom is -0.467 e. The summed E-state index contributed by atoms with van der Waals surface area (Å²) in [7, 11) is 1.07. The Morgan fingerprint density at radius 2 is 1.93 bits per heavy atom. The van der Waals surface area contributed by atoms with E-state index in [0.717, 1.165) is 7.11 Å². The Bertz CT molecular complexity index is 237. The number of halogens is 1. The number of hydrogen-bond donors (Lipinski definition) is 1. The molecule has 0 heterocycles. The highest BCUT2D eigenvalue weighted by Gasteiger charge is 2.21. The maximum atomic E-state index is 12.8. The molecule has 0 fully saturated rings. The number of hydrogen-bond acceptors (Lipinski definition) is 4. The zero-order chi connectivity index (χ0) is 12.1. The number of esters is 1. The van der Waals surface area contributed by atoms with E-state index in [1.807, 2.05) is 0 Å². The van der Waals surface area contributed by atoms with Crippen molar-refractivity contribution in [2.24, 2.45) is 0 Å². The quantitative estimate of drug-likeness (QED) is 0.723. The van der Waals surface area contributed by atoms with E-state index < -0.39 is 30.4 Å². The van der Waals surface area contributed by atoms with Gasteiger partial charge in [0.1, 0.15) is 5.60 Å². The molecule has 15 heavy (non-hydrogen) atoms. The fourth-order valence-corrected chi connectivity index (χ4v) is 0.698. The van der Waals surface area contributed by atoms with Crippen LogP contribution in [0.5, 0.6) is 0 Å². The summed E-state index contributed by atoms with van der Waals surface area (Å²) in [5.74, 6) is -1.02. The van der Waals surface area contributed by atoms with E-state index in [4.69, 9.17) is 4.74 Å². The summed E-state index contributed by atoms with van der Waals surface area (Å²) in [5.41, 5.74) is -0.652. The summed E-state index contributed by atoms with van der Waals surface area (Å²) in [5, 5.41) is 2.12. The first-order valence-electron chi connectivity index (χ1n) is 4.45. The number of carbonyl (C=O) groups excluding carboxylic acids is 2. The van der Waals surface area contributed by atoms with Crippen LogP contribution in [0.25, 0.3) is 0 Å². The van der Waals surface area contributed by atoms with Gasteiger partial charge in [-0.1, -0.05) is 0 Å². The monoisotopic (exact) mass is 221 g/mol. The van der Waals surface area contributed by atoms with Crippen molar-refractivity contribution < 1.29 is 23.5 Å². The Hall–Kier alpha value is -1.33. The lowest BCUT2D eigenvalue weighted by atomic mass is 10.2. The second kappa shape index (κ2) is 5.53. The van der Waals surface area contributed by atoms with Gasteiger partial charge in [0.2, 0.25) is 6.17 Å². The number of amides is 1. The van der Waals surface area contributed by atoms with Crippen molar-refractivity contribution in [3.05, 3.63) is 0 Å². The van der Waals surface area contributed by atoms with Gasteiger partial charge in [0.15, 0.2) is 0 Å². The fourth-order valence-electron chi connectivity index (χ4n) is 0.698. The van der Waals surface area contributed by atoms with Crippen LogP contribution in [0.4, 0.5) is 9.18 Å². The van der Waals surface area contributed by atoms with Crippen LogP contribution in [0.1, 0.15) is 20.8 Å². The molecule has 0 aromatic rings. The third-order valence-corrected chi connectivity index (χ3v) is 1.28. The lowest BCUT2D eigenvalue weighted by molar-refractivity contribution is -0.146. The number of methoxy groups -OCH3 is 1. The summed E-state index contributed by atoms with van der Waals surface area (Å²) in [6.45, 7) is 4.58. The topological polar surface area (TPSA) is 64.6 Å². The maximum absolute atomic E-state index is 12.8. The predicted molar refractivity (Wildman–Crippen MR) is 51.1 cm³/mol. The standard InChI is InChI=1S/C9H16FNO4/c1-9(2,3)15-8(13)11-5-6(10)7(12)14-4/h6H,5H2,1-4H3,(H,11,13)/t6-/m0/s1. The van der Waals surface area contributed by atoms with Gasteiger partial charge in [-0.3, -0.25) is 0 Å². The van der Waals surface area contributed by atoms with Crippen molar-refractivity contribution >= 4 is 12.1 Å². The minimum atomic E-state index is -1.87. The summed E-state index contributed by atoms with van der Waals surface area (Å²) >= 11 is 0. The lowest BCUT2D eigenvalue weighted by Gasteiger charge is -2.19. The van der Waals surface area contributed by atoms with E-state index in [-0.39, 0.29) is 0 Å². The third-order valence-electron chi connectivity index (χ3n) is 1.28. The molecule has 5 nitrogen and oxygen atoms in total. The van der Waals surface area contributed by atoms with Crippen molar-refractivity contribution in [3.8, 4) is 0 Å². The molecule has 0 bridgehead atoms. The van der Waals surface area contributed by atoms with Crippen LogP contribution in [0.15, 0.2) is 0 Å². The summed E-state index contributed by atoms with van der Waals surface area (Å²) in [4.78, 5) is 21.6. The van der Waals surface area contributed by atoms with Gasteiger partial charge in [0.05, 0.1) is 13.7 Å². The molecular weight excluding hydrogens is 205 g/mol. The number of alkyl carbamates (subject to hydrolysis) is 1. The van der Waals surface area contributed by atoms with Gasteiger partial charge in [0.25, 0.3) is 0 Å². The molecule has 1 N–H and O–H groups in total. The van der Waals surface area contributed by atoms with Gasteiger partial charge < -0.3 is 14.8 Å². The predicted octanol–water partition coefficient (Wildman–Crippen LogP) is 1.02. The van der Waals surface area contributed by atoms with Crippen molar-refractivity contribution in [3.63, 3.8) is 0 Å². The van der Waals surface area contributed by atoms with Crippen molar-refractivity contribution in [1.29, 1.82) is 0 Å². The molecule has 6 heteroatoms. The Morgan fingerprint density at radius 3 is 2.33 bits per heavy atom.